The third-order valence-corrected chi connectivity index (χ3v) is 5.06. The molecule has 0 saturated carbocycles. The minimum Gasteiger partial charge on any atom is -0.497 e. The van der Waals surface area contributed by atoms with Crippen molar-refractivity contribution in [3.63, 3.8) is 0 Å². The number of aromatic nitrogens is 2. The third kappa shape index (κ3) is 4.70. The van der Waals surface area contributed by atoms with E-state index in [-0.39, 0.29) is 23.1 Å². The summed E-state index contributed by atoms with van der Waals surface area (Å²) in [5.41, 5.74) is 0.489. The molecule has 0 bridgehead atoms. The molecule has 0 aliphatic carbocycles. The van der Waals surface area contributed by atoms with Crippen molar-refractivity contribution in [1.29, 1.82) is 0 Å². The summed E-state index contributed by atoms with van der Waals surface area (Å²) in [7, 11) is -2.29. The molecule has 0 unspecified atom stereocenters. The second-order valence-corrected chi connectivity index (χ2v) is 7.21. The zero-order valence-corrected chi connectivity index (χ0v) is 15.2. The highest BCUT2D eigenvalue weighted by molar-refractivity contribution is 7.92. The topological polar surface area (TPSA) is 93.2 Å². The fourth-order valence-corrected chi connectivity index (χ4v) is 3.26. The number of rotatable bonds is 7. The van der Waals surface area contributed by atoms with Gasteiger partial charge in [0.05, 0.1) is 12.0 Å². The first-order valence-corrected chi connectivity index (χ1v) is 9.44. The Morgan fingerprint density at radius 2 is 1.63 bits per heavy atom. The molecule has 0 saturated heterocycles. The second-order valence-electron chi connectivity index (χ2n) is 5.53. The molecule has 0 radical (unpaired) electrons. The van der Waals surface area contributed by atoms with Gasteiger partial charge in [0.25, 0.3) is 10.0 Å². The van der Waals surface area contributed by atoms with Crippen molar-refractivity contribution in [3.8, 4) is 5.75 Å². The Morgan fingerprint density at radius 3 is 2.26 bits per heavy atom. The third-order valence-electron chi connectivity index (χ3n) is 3.69. The fourth-order valence-electron chi connectivity index (χ4n) is 2.26. The van der Waals surface area contributed by atoms with Crippen LogP contribution in [0.1, 0.15) is 5.56 Å². The minimum atomic E-state index is -3.79. The highest BCUT2D eigenvalue weighted by Gasteiger charge is 2.15. The molecule has 0 aliphatic heterocycles. The maximum atomic E-state index is 13.6. The summed E-state index contributed by atoms with van der Waals surface area (Å²) in [6.07, 6.45) is 0. The van der Waals surface area contributed by atoms with E-state index in [1.807, 2.05) is 0 Å². The van der Waals surface area contributed by atoms with Gasteiger partial charge in [-0.15, -0.1) is 10.2 Å². The van der Waals surface area contributed by atoms with Crippen molar-refractivity contribution in [3.05, 3.63) is 72.0 Å². The van der Waals surface area contributed by atoms with Gasteiger partial charge in [-0.05, 0) is 42.5 Å². The van der Waals surface area contributed by atoms with Crippen LogP contribution in [0.4, 0.5) is 16.0 Å². The van der Waals surface area contributed by atoms with Gasteiger partial charge in [-0.2, -0.15) is 0 Å². The Hall–Kier alpha value is -3.20. The van der Waals surface area contributed by atoms with Crippen molar-refractivity contribution in [1.82, 2.24) is 10.2 Å². The number of hydrogen-bond donors (Lipinski definition) is 2. The quantitative estimate of drug-likeness (QED) is 0.646. The van der Waals surface area contributed by atoms with Crippen LogP contribution in [0.15, 0.2) is 65.6 Å². The van der Waals surface area contributed by atoms with Gasteiger partial charge >= 0.3 is 0 Å². The van der Waals surface area contributed by atoms with Crippen LogP contribution < -0.4 is 14.8 Å². The average Bonchev–Trinajstić information content (AvgIpc) is 2.68. The number of halogens is 1. The first-order valence-electron chi connectivity index (χ1n) is 7.96. The van der Waals surface area contributed by atoms with E-state index < -0.39 is 10.0 Å². The fraction of sp³-hybridized carbons (Fsp3) is 0.111. The first-order chi connectivity index (χ1) is 13.0. The van der Waals surface area contributed by atoms with E-state index >= 15 is 0 Å². The van der Waals surface area contributed by atoms with E-state index in [1.165, 1.54) is 31.4 Å². The monoisotopic (exact) mass is 388 g/mol. The van der Waals surface area contributed by atoms with Crippen molar-refractivity contribution in [2.75, 3.05) is 17.1 Å². The molecule has 0 atom stereocenters. The molecule has 7 nitrogen and oxygen atoms in total. The van der Waals surface area contributed by atoms with Crippen LogP contribution in [-0.4, -0.2) is 25.7 Å². The van der Waals surface area contributed by atoms with E-state index in [1.54, 1.807) is 36.4 Å². The first kappa shape index (κ1) is 18.6. The number of ether oxygens (including phenoxy) is 1. The lowest BCUT2D eigenvalue weighted by Crippen LogP contribution is -2.14. The van der Waals surface area contributed by atoms with Crippen molar-refractivity contribution in [2.45, 2.75) is 11.4 Å². The number of nitrogens with zero attached hydrogens (tertiary/aromatic N) is 2. The van der Waals surface area contributed by atoms with Gasteiger partial charge in [0.2, 0.25) is 0 Å². The smallest absolute Gasteiger partial charge is 0.263 e. The molecule has 2 N–H and O–H groups in total. The number of hydrogen-bond acceptors (Lipinski definition) is 6. The molecule has 9 heteroatoms. The summed E-state index contributed by atoms with van der Waals surface area (Å²) >= 11 is 0. The molecule has 0 fully saturated rings. The Labute approximate surface area is 156 Å². The lowest BCUT2D eigenvalue weighted by molar-refractivity contribution is 0.414. The highest BCUT2D eigenvalue weighted by atomic mass is 32.2. The largest absolute Gasteiger partial charge is 0.497 e. The Bertz CT molecular complexity index is 1010. The van der Waals surface area contributed by atoms with Crippen molar-refractivity contribution in [2.24, 2.45) is 0 Å². The summed E-state index contributed by atoms with van der Waals surface area (Å²) in [6, 6.07) is 15.4. The van der Waals surface area contributed by atoms with Gasteiger partial charge in [-0.1, -0.05) is 18.2 Å². The van der Waals surface area contributed by atoms with Crippen molar-refractivity contribution >= 4 is 21.7 Å². The van der Waals surface area contributed by atoms with Crippen LogP contribution in [0.2, 0.25) is 0 Å². The van der Waals surface area contributed by atoms with Crippen LogP contribution in [0.5, 0.6) is 5.75 Å². The molecule has 27 heavy (non-hydrogen) atoms. The highest BCUT2D eigenvalue weighted by Crippen LogP contribution is 2.18. The Balaban J connectivity index is 1.65. The van der Waals surface area contributed by atoms with Gasteiger partial charge in [0.1, 0.15) is 17.4 Å². The second kappa shape index (κ2) is 8.00. The van der Waals surface area contributed by atoms with Crippen LogP contribution in [-0.2, 0) is 16.6 Å². The summed E-state index contributed by atoms with van der Waals surface area (Å²) < 4.78 is 45.7. The number of sulfonamides is 1. The standard InChI is InChI=1S/C18H17FN4O3S/c1-26-14-6-8-15(9-7-14)27(24,25)23-18-11-10-17(21-22-18)20-12-13-4-2-3-5-16(13)19/h2-11H,12H2,1H3,(H,20,21)(H,22,23). The normalized spacial score (nSPS) is 11.0. The van der Waals surface area contributed by atoms with E-state index in [0.29, 0.717) is 17.1 Å². The van der Waals surface area contributed by atoms with Crippen LogP contribution >= 0.6 is 0 Å². The van der Waals surface area contributed by atoms with Gasteiger partial charge in [0.15, 0.2) is 5.82 Å². The number of anilines is 2. The summed E-state index contributed by atoms with van der Waals surface area (Å²) in [6.45, 7) is 0.234. The number of methoxy groups -OCH3 is 1. The molecule has 140 valence electrons. The van der Waals surface area contributed by atoms with E-state index in [4.69, 9.17) is 4.74 Å². The maximum Gasteiger partial charge on any atom is 0.263 e. The lowest BCUT2D eigenvalue weighted by atomic mass is 10.2. The van der Waals surface area contributed by atoms with Crippen LogP contribution in [0.25, 0.3) is 0 Å². The van der Waals surface area contributed by atoms with Gasteiger partial charge in [-0.25, -0.2) is 12.8 Å². The molecule has 0 spiro atoms. The molecule has 1 aromatic heterocycles. The van der Waals surface area contributed by atoms with Crippen LogP contribution in [0, 0.1) is 5.82 Å². The number of benzene rings is 2. The van der Waals surface area contributed by atoms with Gasteiger partial charge < -0.3 is 10.1 Å². The Kier molecular flexibility index (Phi) is 5.51. The van der Waals surface area contributed by atoms with Gasteiger partial charge in [-0.3, -0.25) is 4.72 Å². The predicted octanol–water partition coefficient (Wildman–Crippen LogP) is 3.04. The molecule has 3 rings (SSSR count). The SMILES string of the molecule is COc1ccc(S(=O)(=O)Nc2ccc(NCc3ccccc3F)nn2)cc1. The molecular weight excluding hydrogens is 371 g/mol. The maximum absolute atomic E-state index is 13.6. The molecule has 1 heterocycles. The molecule has 0 amide bonds. The lowest BCUT2D eigenvalue weighted by Gasteiger charge is -2.09. The summed E-state index contributed by atoms with van der Waals surface area (Å²) in [5.74, 6) is 0.703. The predicted molar refractivity (Wildman–Crippen MR) is 99.6 cm³/mol. The van der Waals surface area contributed by atoms with Crippen LogP contribution in [0.3, 0.4) is 0 Å². The molecular formula is C18H17FN4O3S. The average molecular weight is 388 g/mol. The minimum absolute atomic E-state index is 0.0715. The summed E-state index contributed by atoms with van der Waals surface area (Å²) in [4.78, 5) is 0.0758. The number of nitrogens with one attached hydrogen (secondary N) is 2. The van der Waals surface area contributed by atoms with Gasteiger partial charge in [0, 0.05) is 12.1 Å². The zero-order chi connectivity index (χ0) is 19.3. The molecule has 2 aromatic carbocycles. The molecule has 3 aromatic rings. The zero-order valence-electron chi connectivity index (χ0n) is 14.4. The van der Waals surface area contributed by atoms with Crippen molar-refractivity contribution < 1.29 is 17.5 Å². The summed E-state index contributed by atoms with van der Waals surface area (Å²) in [5, 5.41) is 10.7. The van der Waals surface area contributed by atoms with E-state index in [0.717, 1.165) is 0 Å². The molecule has 0 aliphatic rings. The van der Waals surface area contributed by atoms with E-state index in [2.05, 4.69) is 20.2 Å². The van der Waals surface area contributed by atoms with E-state index in [9.17, 15) is 12.8 Å². The Morgan fingerprint density at radius 1 is 0.963 bits per heavy atom.